The highest BCUT2D eigenvalue weighted by Crippen LogP contribution is 2.69. The van der Waals surface area contributed by atoms with Gasteiger partial charge in [-0.15, -0.1) is 0 Å². The molecular formula is C25H37IO3. The van der Waals surface area contributed by atoms with E-state index in [-0.39, 0.29) is 16.7 Å². The van der Waals surface area contributed by atoms with Crippen molar-refractivity contribution < 1.29 is 14.6 Å². The van der Waals surface area contributed by atoms with Crippen molar-refractivity contribution in [1.82, 2.24) is 0 Å². The topological polar surface area (TPSA) is 53.6 Å². The van der Waals surface area contributed by atoms with E-state index in [4.69, 9.17) is 4.42 Å². The molecule has 162 valence electrons. The fourth-order valence-corrected chi connectivity index (χ4v) is 8.61. The Morgan fingerprint density at radius 2 is 1.86 bits per heavy atom. The highest BCUT2D eigenvalue weighted by molar-refractivity contribution is 14.1. The molecule has 4 heteroatoms. The van der Waals surface area contributed by atoms with Crippen LogP contribution in [0.1, 0.15) is 84.3 Å². The average molecular weight is 512 g/mol. The number of furan rings is 1. The van der Waals surface area contributed by atoms with Gasteiger partial charge in [-0.05, 0) is 101 Å². The zero-order valence-corrected chi connectivity index (χ0v) is 20.5. The number of aliphatic hydroxyl groups excluding tert-OH is 2. The molecule has 0 aliphatic heterocycles. The summed E-state index contributed by atoms with van der Waals surface area (Å²) >= 11 is 2.22. The van der Waals surface area contributed by atoms with Gasteiger partial charge in [0.05, 0.1) is 22.0 Å². The van der Waals surface area contributed by atoms with Crippen molar-refractivity contribution in [2.45, 2.75) is 84.8 Å². The predicted molar refractivity (Wildman–Crippen MR) is 124 cm³/mol. The molecule has 3 fully saturated rings. The minimum absolute atomic E-state index is 0.0745. The minimum Gasteiger partial charge on any atom is -0.471 e. The number of hydrogen-bond acceptors (Lipinski definition) is 3. The van der Waals surface area contributed by atoms with Gasteiger partial charge in [0, 0.05) is 5.56 Å². The van der Waals surface area contributed by atoms with Gasteiger partial charge in [-0.1, -0.05) is 40.7 Å². The Balaban J connectivity index is 1.69. The van der Waals surface area contributed by atoms with Crippen LogP contribution in [0.25, 0.3) is 0 Å². The number of fused-ring (bicyclic) bond motifs is 3. The first-order valence-corrected chi connectivity index (χ1v) is 12.3. The fraction of sp³-hybridized carbons (Fsp3) is 0.760. The zero-order valence-electron chi connectivity index (χ0n) is 18.4. The first kappa shape index (κ1) is 21.9. The van der Waals surface area contributed by atoms with Gasteiger partial charge in [0.2, 0.25) is 0 Å². The molecule has 0 bridgehead atoms. The van der Waals surface area contributed by atoms with E-state index in [0.717, 1.165) is 27.5 Å². The molecule has 1 unspecified atom stereocenters. The van der Waals surface area contributed by atoms with Gasteiger partial charge in [0.1, 0.15) is 6.26 Å². The summed E-state index contributed by atoms with van der Waals surface area (Å²) in [6.45, 7) is 14.2. The summed E-state index contributed by atoms with van der Waals surface area (Å²) in [5.74, 6) is 1.30. The van der Waals surface area contributed by atoms with E-state index in [1.807, 2.05) is 0 Å². The third kappa shape index (κ3) is 3.36. The van der Waals surface area contributed by atoms with Crippen LogP contribution in [-0.2, 0) is 0 Å². The molecule has 3 saturated carbocycles. The van der Waals surface area contributed by atoms with Crippen LogP contribution >= 0.6 is 22.6 Å². The molecule has 0 saturated heterocycles. The Labute approximate surface area is 189 Å². The van der Waals surface area contributed by atoms with Crippen molar-refractivity contribution in [3.05, 3.63) is 33.8 Å². The third-order valence-corrected chi connectivity index (χ3v) is 10.3. The lowest BCUT2D eigenvalue weighted by molar-refractivity contribution is -0.169. The van der Waals surface area contributed by atoms with Crippen molar-refractivity contribution in [3.63, 3.8) is 0 Å². The molecule has 4 rings (SSSR count). The molecule has 1 aromatic heterocycles. The van der Waals surface area contributed by atoms with Crippen LogP contribution in [-0.4, -0.2) is 16.3 Å². The summed E-state index contributed by atoms with van der Waals surface area (Å²) in [4.78, 5) is 0. The fourth-order valence-electron chi connectivity index (χ4n) is 7.97. The largest absolute Gasteiger partial charge is 0.471 e. The molecule has 29 heavy (non-hydrogen) atoms. The van der Waals surface area contributed by atoms with E-state index in [2.05, 4.69) is 56.9 Å². The number of hydrogen-bond donors (Lipinski definition) is 2. The first-order chi connectivity index (χ1) is 13.5. The van der Waals surface area contributed by atoms with Crippen molar-refractivity contribution in [2.24, 2.45) is 34.0 Å². The molecule has 3 aliphatic rings. The lowest BCUT2D eigenvalue weighted by atomic mass is 9.38. The first-order valence-electron chi connectivity index (χ1n) is 11.3. The van der Waals surface area contributed by atoms with Gasteiger partial charge in [-0.2, -0.15) is 0 Å². The SMILES string of the molecule is C=C1C(C[C@H](O)c2cocc2I)[C@]2(C)CC[C@H]3C(C)(C)CCC[C@]3(C)[C@H]2C[C@H]1O. The van der Waals surface area contributed by atoms with Crippen LogP contribution in [0.5, 0.6) is 0 Å². The molecule has 2 N–H and O–H groups in total. The molecule has 0 spiro atoms. The molecule has 1 heterocycles. The minimum atomic E-state index is -0.585. The Morgan fingerprint density at radius 3 is 2.52 bits per heavy atom. The van der Waals surface area contributed by atoms with Crippen LogP contribution in [0, 0.1) is 37.6 Å². The Morgan fingerprint density at radius 1 is 1.14 bits per heavy atom. The van der Waals surface area contributed by atoms with Crippen molar-refractivity contribution >= 4 is 22.6 Å². The maximum Gasteiger partial charge on any atom is 0.104 e. The summed E-state index contributed by atoms with van der Waals surface area (Å²) in [7, 11) is 0. The smallest absolute Gasteiger partial charge is 0.104 e. The predicted octanol–water partition coefficient (Wildman–Crippen LogP) is 6.49. The molecule has 3 aliphatic carbocycles. The van der Waals surface area contributed by atoms with Gasteiger partial charge in [0.15, 0.2) is 0 Å². The lowest BCUT2D eigenvalue weighted by Gasteiger charge is -2.66. The highest BCUT2D eigenvalue weighted by atomic mass is 127. The number of rotatable bonds is 3. The van der Waals surface area contributed by atoms with Gasteiger partial charge >= 0.3 is 0 Å². The average Bonchev–Trinajstić information content (AvgIpc) is 3.06. The summed E-state index contributed by atoms with van der Waals surface area (Å²) in [6, 6.07) is 0. The van der Waals surface area contributed by atoms with Gasteiger partial charge in [-0.25, -0.2) is 0 Å². The van der Waals surface area contributed by atoms with Gasteiger partial charge in [0.25, 0.3) is 0 Å². The van der Waals surface area contributed by atoms with E-state index < -0.39 is 12.2 Å². The summed E-state index contributed by atoms with van der Waals surface area (Å²) in [5, 5.41) is 22.1. The van der Waals surface area contributed by atoms with E-state index in [0.29, 0.717) is 23.7 Å². The van der Waals surface area contributed by atoms with E-state index in [1.165, 1.54) is 25.7 Å². The molecule has 1 aromatic rings. The number of halogens is 1. The Hall–Kier alpha value is -0.330. The lowest BCUT2D eigenvalue weighted by Crippen LogP contribution is -2.60. The molecule has 7 atom stereocenters. The van der Waals surface area contributed by atoms with Crippen LogP contribution in [0.2, 0.25) is 0 Å². The van der Waals surface area contributed by atoms with Crippen LogP contribution < -0.4 is 0 Å². The second-order valence-electron chi connectivity index (χ2n) is 11.3. The van der Waals surface area contributed by atoms with Crippen molar-refractivity contribution in [3.8, 4) is 0 Å². The molecule has 0 radical (unpaired) electrons. The maximum absolute atomic E-state index is 11.0. The molecule has 0 aromatic carbocycles. The summed E-state index contributed by atoms with van der Waals surface area (Å²) in [6.07, 6.45) is 10.0. The van der Waals surface area contributed by atoms with Gasteiger partial charge in [-0.3, -0.25) is 0 Å². The summed E-state index contributed by atoms with van der Waals surface area (Å²) in [5.41, 5.74) is 2.49. The quantitative estimate of drug-likeness (QED) is 0.360. The second-order valence-corrected chi connectivity index (χ2v) is 12.5. The zero-order chi connectivity index (χ0) is 21.2. The number of aliphatic hydroxyl groups is 2. The monoisotopic (exact) mass is 512 g/mol. The van der Waals surface area contributed by atoms with Crippen LogP contribution in [0.4, 0.5) is 0 Å². The Kier molecular flexibility index (Phi) is 5.56. The van der Waals surface area contributed by atoms with Crippen LogP contribution in [0.3, 0.4) is 0 Å². The second kappa shape index (κ2) is 7.37. The van der Waals surface area contributed by atoms with Crippen molar-refractivity contribution in [1.29, 1.82) is 0 Å². The third-order valence-electron chi connectivity index (χ3n) is 9.43. The molecule has 0 amide bonds. The highest BCUT2D eigenvalue weighted by Gasteiger charge is 2.62. The Bertz CT molecular complexity index is 783. The normalized spacial score (nSPS) is 42.8. The van der Waals surface area contributed by atoms with E-state index in [9.17, 15) is 10.2 Å². The van der Waals surface area contributed by atoms with Crippen molar-refractivity contribution in [2.75, 3.05) is 0 Å². The standard InChI is InChI=1S/C25H37IO3/c1-15-17(11-20(28)16-13-29-14-18(16)26)24(4)10-7-21-23(2,3)8-6-9-25(21,5)22(24)12-19(15)27/h13-14,17,19-22,27-28H,1,6-12H2,2-5H3/t17?,19-,20+,21+,22+,24+,25+/m1/s1. The van der Waals surface area contributed by atoms with Gasteiger partial charge < -0.3 is 14.6 Å². The van der Waals surface area contributed by atoms with E-state index in [1.54, 1.807) is 12.5 Å². The molecular weight excluding hydrogens is 475 g/mol. The maximum atomic E-state index is 11.0. The van der Waals surface area contributed by atoms with Crippen LogP contribution in [0.15, 0.2) is 29.1 Å². The molecule has 3 nitrogen and oxygen atoms in total. The summed E-state index contributed by atoms with van der Waals surface area (Å²) < 4.78 is 6.27. The van der Waals surface area contributed by atoms with E-state index >= 15 is 0 Å².